The minimum absolute atomic E-state index is 0.395. The lowest BCUT2D eigenvalue weighted by molar-refractivity contribution is 0.355. The van der Waals surface area contributed by atoms with E-state index < -0.39 is 0 Å². The third-order valence-corrected chi connectivity index (χ3v) is 4.67. The normalized spacial score (nSPS) is 10.7. The second-order valence-corrected chi connectivity index (χ2v) is 7.23. The van der Waals surface area contributed by atoms with Crippen molar-refractivity contribution in [3.8, 4) is 11.5 Å². The molecule has 1 heterocycles. The van der Waals surface area contributed by atoms with Crippen LogP contribution in [0.15, 0.2) is 42.5 Å². The van der Waals surface area contributed by atoms with Crippen LogP contribution in [0, 0.1) is 13.8 Å². The minimum Gasteiger partial charge on any atom is -0.493 e. The van der Waals surface area contributed by atoms with E-state index in [1.54, 1.807) is 14.2 Å². The first kappa shape index (κ1) is 20.5. The van der Waals surface area contributed by atoms with E-state index in [4.69, 9.17) is 9.47 Å². The minimum atomic E-state index is 0.395. The van der Waals surface area contributed by atoms with Gasteiger partial charge in [0.2, 0.25) is 5.95 Å². The first-order valence-corrected chi connectivity index (χ1v) is 9.62. The van der Waals surface area contributed by atoms with Gasteiger partial charge in [0.05, 0.1) is 14.2 Å². The number of aryl methyl sites for hydroxylation is 2. The third kappa shape index (κ3) is 4.77. The second-order valence-electron chi connectivity index (χ2n) is 7.23. The third-order valence-electron chi connectivity index (χ3n) is 4.67. The molecule has 1 aromatic heterocycles. The summed E-state index contributed by atoms with van der Waals surface area (Å²) >= 11 is 0. The Balaban J connectivity index is 1.90. The smallest absolute Gasteiger partial charge is 0.229 e. The SMILES string of the molecule is COc1ccc(Nc2cc(C)nc(Nc3c(C)cccc3C(C)C)n2)cc1OC. The molecule has 0 bridgehead atoms. The van der Waals surface area contributed by atoms with Gasteiger partial charge < -0.3 is 20.1 Å². The maximum Gasteiger partial charge on any atom is 0.229 e. The van der Waals surface area contributed by atoms with Crippen molar-refractivity contribution in [2.24, 2.45) is 0 Å². The van der Waals surface area contributed by atoms with E-state index in [-0.39, 0.29) is 0 Å². The van der Waals surface area contributed by atoms with Gasteiger partial charge in [-0.15, -0.1) is 0 Å². The highest BCUT2D eigenvalue weighted by Gasteiger charge is 2.12. The molecule has 0 spiro atoms. The summed E-state index contributed by atoms with van der Waals surface area (Å²) in [6.07, 6.45) is 0. The monoisotopic (exact) mass is 392 g/mol. The van der Waals surface area contributed by atoms with Gasteiger partial charge in [0.1, 0.15) is 5.82 Å². The first-order chi connectivity index (χ1) is 13.9. The number of para-hydroxylation sites is 1. The summed E-state index contributed by atoms with van der Waals surface area (Å²) in [6, 6.07) is 13.9. The highest BCUT2D eigenvalue weighted by atomic mass is 16.5. The number of ether oxygens (including phenoxy) is 2. The van der Waals surface area contributed by atoms with Crippen molar-refractivity contribution in [2.75, 3.05) is 24.9 Å². The highest BCUT2D eigenvalue weighted by Crippen LogP contribution is 2.32. The average molecular weight is 393 g/mol. The quantitative estimate of drug-likeness (QED) is 0.536. The van der Waals surface area contributed by atoms with Gasteiger partial charge in [-0.2, -0.15) is 4.98 Å². The van der Waals surface area contributed by atoms with E-state index in [2.05, 4.69) is 59.6 Å². The Kier molecular flexibility index (Phi) is 6.22. The van der Waals surface area contributed by atoms with Gasteiger partial charge in [0, 0.05) is 29.2 Å². The number of nitrogens with one attached hydrogen (secondary N) is 2. The number of hydrogen-bond acceptors (Lipinski definition) is 6. The number of aromatic nitrogens is 2. The fourth-order valence-corrected chi connectivity index (χ4v) is 3.20. The van der Waals surface area contributed by atoms with E-state index in [1.807, 2.05) is 31.2 Å². The van der Waals surface area contributed by atoms with Gasteiger partial charge in [0.15, 0.2) is 11.5 Å². The van der Waals surface area contributed by atoms with Gasteiger partial charge >= 0.3 is 0 Å². The Bertz CT molecular complexity index is 1000. The van der Waals surface area contributed by atoms with Gasteiger partial charge in [-0.1, -0.05) is 32.0 Å². The summed E-state index contributed by atoms with van der Waals surface area (Å²) in [7, 11) is 3.24. The number of hydrogen-bond donors (Lipinski definition) is 2. The van der Waals surface area contributed by atoms with Crippen LogP contribution in [0.3, 0.4) is 0 Å². The zero-order chi connectivity index (χ0) is 21.0. The number of benzene rings is 2. The number of nitrogens with zero attached hydrogens (tertiary/aromatic N) is 2. The average Bonchev–Trinajstić information content (AvgIpc) is 2.68. The Hall–Kier alpha value is -3.28. The topological polar surface area (TPSA) is 68.3 Å². The van der Waals surface area contributed by atoms with E-state index in [1.165, 1.54) is 5.56 Å². The lowest BCUT2D eigenvalue weighted by atomic mass is 9.98. The van der Waals surface area contributed by atoms with Crippen LogP contribution >= 0.6 is 0 Å². The summed E-state index contributed by atoms with van der Waals surface area (Å²) in [6.45, 7) is 8.41. The van der Waals surface area contributed by atoms with Crippen LogP contribution in [0.25, 0.3) is 0 Å². The second kappa shape index (κ2) is 8.82. The van der Waals surface area contributed by atoms with E-state index in [0.29, 0.717) is 29.2 Å². The van der Waals surface area contributed by atoms with Crippen molar-refractivity contribution in [3.63, 3.8) is 0 Å². The van der Waals surface area contributed by atoms with Gasteiger partial charge in [-0.05, 0) is 43.0 Å². The fraction of sp³-hybridized carbons (Fsp3) is 0.304. The van der Waals surface area contributed by atoms with Crippen molar-refractivity contribution in [3.05, 3.63) is 59.3 Å². The van der Waals surface area contributed by atoms with E-state index in [9.17, 15) is 0 Å². The predicted octanol–water partition coefficient (Wildman–Crippen LogP) is 5.72. The first-order valence-electron chi connectivity index (χ1n) is 9.62. The van der Waals surface area contributed by atoms with Crippen LogP contribution in [-0.2, 0) is 0 Å². The summed E-state index contributed by atoms with van der Waals surface area (Å²) in [4.78, 5) is 9.22. The molecule has 152 valence electrons. The number of anilines is 4. The van der Waals surface area contributed by atoms with Crippen LogP contribution in [0.1, 0.15) is 36.6 Å². The lowest BCUT2D eigenvalue weighted by Crippen LogP contribution is -2.06. The zero-order valence-electron chi connectivity index (χ0n) is 17.8. The number of methoxy groups -OCH3 is 2. The molecule has 3 rings (SSSR count). The molecule has 0 unspecified atom stereocenters. The Morgan fingerprint density at radius 2 is 1.62 bits per heavy atom. The standard InChI is InChI=1S/C23H28N4O2/c1-14(2)18-9-7-8-15(3)22(18)27-23-24-16(4)12-21(26-23)25-17-10-11-19(28-5)20(13-17)29-6/h7-14H,1-6H3,(H2,24,25,26,27). The summed E-state index contributed by atoms with van der Waals surface area (Å²) in [5.74, 6) is 2.99. The molecular weight excluding hydrogens is 364 g/mol. The Morgan fingerprint density at radius 3 is 2.31 bits per heavy atom. The predicted molar refractivity (Wildman–Crippen MR) is 118 cm³/mol. The largest absolute Gasteiger partial charge is 0.493 e. The van der Waals surface area contributed by atoms with Crippen LogP contribution in [0.4, 0.5) is 23.1 Å². The van der Waals surface area contributed by atoms with E-state index in [0.717, 1.165) is 22.6 Å². The molecule has 0 fully saturated rings. The van der Waals surface area contributed by atoms with Crippen LogP contribution in [0.5, 0.6) is 11.5 Å². The van der Waals surface area contributed by atoms with Gasteiger partial charge in [0.25, 0.3) is 0 Å². The van der Waals surface area contributed by atoms with Gasteiger partial charge in [-0.25, -0.2) is 4.98 Å². The Labute approximate surface area is 172 Å². The molecular formula is C23H28N4O2. The molecule has 29 heavy (non-hydrogen) atoms. The van der Waals surface area contributed by atoms with E-state index >= 15 is 0 Å². The maximum absolute atomic E-state index is 5.38. The number of rotatable bonds is 7. The van der Waals surface area contributed by atoms with Crippen molar-refractivity contribution in [1.82, 2.24) is 9.97 Å². The summed E-state index contributed by atoms with van der Waals surface area (Å²) in [5.41, 5.74) is 5.18. The molecule has 0 amide bonds. The molecule has 3 aromatic rings. The molecule has 0 radical (unpaired) electrons. The fourth-order valence-electron chi connectivity index (χ4n) is 3.20. The molecule has 2 N–H and O–H groups in total. The van der Waals surface area contributed by atoms with Crippen LogP contribution in [-0.4, -0.2) is 24.2 Å². The van der Waals surface area contributed by atoms with Crippen molar-refractivity contribution >= 4 is 23.1 Å². The van der Waals surface area contributed by atoms with Crippen molar-refractivity contribution in [1.29, 1.82) is 0 Å². The molecule has 0 saturated heterocycles. The van der Waals surface area contributed by atoms with Crippen LogP contribution < -0.4 is 20.1 Å². The maximum atomic E-state index is 5.38. The van der Waals surface area contributed by atoms with Gasteiger partial charge in [-0.3, -0.25) is 0 Å². The Morgan fingerprint density at radius 1 is 0.862 bits per heavy atom. The summed E-state index contributed by atoms with van der Waals surface area (Å²) < 4.78 is 10.7. The van der Waals surface area contributed by atoms with Crippen molar-refractivity contribution in [2.45, 2.75) is 33.6 Å². The molecule has 0 aliphatic rings. The molecule has 6 nitrogen and oxygen atoms in total. The molecule has 0 atom stereocenters. The highest BCUT2D eigenvalue weighted by molar-refractivity contribution is 5.66. The molecule has 0 aliphatic carbocycles. The van der Waals surface area contributed by atoms with Crippen LogP contribution in [0.2, 0.25) is 0 Å². The zero-order valence-corrected chi connectivity index (χ0v) is 17.8. The molecule has 0 aliphatic heterocycles. The molecule has 0 saturated carbocycles. The molecule has 2 aromatic carbocycles. The summed E-state index contributed by atoms with van der Waals surface area (Å²) in [5, 5.41) is 6.75. The van der Waals surface area contributed by atoms with Crippen molar-refractivity contribution < 1.29 is 9.47 Å². The molecule has 6 heteroatoms. The lowest BCUT2D eigenvalue weighted by Gasteiger charge is -2.17.